The quantitative estimate of drug-likeness (QED) is 0.419. The monoisotopic (exact) mass is 546 g/mol. The number of ether oxygens (including phenoxy) is 1. The van der Waals surface area contributed by atoms with Crippen molar-refractivity contribution in [3.8, 4) is 17.0 Å². The molecule has 2 N–H and O–H groups in total. The van der Waals surface area contributed by atoms with Crippen LogP contribution in [0.2, 0.25) is 0 Å². The number of aliphatic hydroxyl groups excluding tert-OH is 1. The van der Waals surface area contributed by atoms with Gasteiger partial charge < -0.3 is 19.6 Å². The zero-order valence-electron chi connectivity index (χ0n) is 21.4. The van der Waals surface area contributed by atoms with E-state index in [2.05, 4.69) is 14.9 Å². The molecule has 3 heterocycles. The molecule has 2 aliphatic rings. The average Bonchev–Trinajstić information content (AvgIpc) is 3.40. The molecule has 2 atom stereocenters. The number of aromatic amines is 1. The number of hydrogen-bond donors (Lipinski definition) is 2. The first-order valence-electron chi connectivity index (χ1n) is 12.9. The molecule has 2 unspecified atom stereocenters. The van der Waals surface area contributed by atoms with Crippen LogP contribution in [0.3, 0.4) is 0 Å². The second-order valence-electron chi connectivity index (χ2n) is 10.3. The van der Waals surface area contributed by atoms with E-state index in [-0.39, 0.29) is 29.4 Å². The van der Waals surface area contributed by atoms with Crippen molar-refractivity contribution in [1.29, 1.82) is 0 Å². The van der Waals surface area contributed by atoms with E-state index in [0.29, 0.717) is 62.3 Å². The third-order valence-electron chi connectivity index (χ3n) is 7.51. The highest BCUT2D eigenvalue weighted by atomic mass is 19.4. The Balaban J connectivity index is 1.42. The number of H-pyrrole nitrogens is 1. The summed E-state index contributed by atoms with van der Waals surface area (Å²) in [6.07, 6.45) is -3.53. The molecule has 0 bridgehead atoms. The second-order valence-corrected chi connectivity index (χ2v) is 10.3. The molecule has 0 spiro atoms. The summed E-state index contributed by atoms with van der Waals surface area (Å²) in [5.41, 5.74) is 3.16. The molecule has 208 valence electrons. The zero-order chi connectivity index (χ0) is 27.7. The summed E-state index contributed by atoms with van der Waals surface area (Å²) in [5.74, 6) is -0.912. The molecular weight excluding hydrogens is 516 g/mol. The molecule has 39 heavy (non-hydrogen) atoms. The first-order valence-corrected chi connectivity index (χ1v) is 12.9. The molecule has 2 fully saturated rings. The number of carbonyl (C=O) groups is 1. The summed E-state index contributed by atoms with van der Waals surface area (Å²) in [6, 6.07) is 12.5. The maximum atomic E-state index is 13.8. The number of aryl methyl sites for hydroxylation is 1. The molecule has 11 heteroatoms. The number of piperidine rings is 2. The predicted molar refractivity (Wildman–Crippen MR) is 136 cm³/mol. The van der Waals surface area contributed by atoms with Gasteiger partial charge in [0, 0.05) is 49.3 Å². The number of carbonyl (C=O) groups excluding carboxylic acids is 1. The summed E-state index contributed by atoms with van der Waals surface area (Å²) >= 11 is 0. The van der Waals surface area contributed by atoms with Crippen molar-refractivity contribution in [2.75, 3.05) is 26.2 Å². The summed E-state index contributed by atoms with van der Waals surface area (Å²) in [5, 5.41) is 17.3. The van der Waals surface area contributed by atoms with Crippen LogP contribution in [0.1, 0.15) is 47.9 Å². The smallest absolute Gasteiger partial charge is 0.406 e. The fourth-order valence-electron chi connectivity index (χ4n) is 5.49. The summed E-state index contributed by atoms with van der Waals surface area (Å²) < 4.78 is 56.3. The normalized spacial score (nSPS) is 20.8. The van der Waals surface area contributed by atoms with E-state index in [1.165, 1.54) is 18.2 Å². The minimum absolute atomic E-state index is 0.129. The lowest BCUT2D eigenvalue weighted by Crippen LogP contribution is -2.51. The van der Waals surface area contributed by atoms with Gasteiger partial charge in [0.1, 0.15) is 11.6 Å². The first kappa shape index (κ1) is 27.0. The van der Waals surface area contributed by atoms with Crippen LogP contribution >= 0.6 is 0 Å². The number of alkyl halides is 3. The fraction of sp³-hybridized carbons (Fsp3) is 0.429. The number of nitrogens with one attached hydrogen (secondary N) is 1. The van der Waals surface area contributed by atoms with Crippen molar-refractivity contribution in [3.05, 3.63) is 71.2 Å². The molecule has 0 radical (unpaired) electrons. The zero-order valence-corrected chi connectivity index (χ0v) is 21.4. The molecule has 0 aliphatic carbocycles. The van der Waals surface area contributed by atoms with Crippen LogP contribution < -0.4 is 4.74 Å². The summed E-state index contributed by atoms with van der Waals surface area (Å²) in [4.78, 5) is 17.0. The van der Waals surface area contributed by atoms with Gasteiger partial charge in [0.15, 0.2) is 0 Å². The third kappa shape index (κ3) is 6.35. The average molecular weight is 547 g/mol. The SMILES string of the molecule is Cc1cc(C2CC(c3cc(-c4cccc(F)c4)n[nH]3)CN(C(=O)N3CCC(O)CC3)C2)ccc1OC(F)(F)F. The van der Waals surface area contributed by atoms with E-state index in [0.717, 1.165) is 11.3 Å². The minimum Gasteiger partial charge on any atom is -0.406 e. The molecule has 5 rings (SSSR count). The Hall–Kier alpha value is -3.60. The predicted octanol–water partition coefficient (Wildman–Crippen LogP) is 5.57. The third-order valence-corrected chi connectivity index (χ3v) is 7.51. The molecule has 2 amide bonds. The number of hydrogen-bond acceptors (Lipinski definition) is 4. The number of aliphatic hydroxyl groups is 1. The number of amides is 2. The van der Waals surface area contributed by atoms with Crippen LogP contribution in [0, 0.1) is 12.7 Å². The molecule has 7 nitrogen and oxygen atoms in total. The molecular formula is C28H30F4N4O3. The molecule has 3 aromatic rings. The van der Waals surface area contributed by atoms with Crippen molar-refractivity contribution in [1.82, 2.24) is 20.0 Å². The summed E-state index contributed by atoms with van der Waals surface area (Å²) in [7, 11) is 0. The maximum absolute atomic E-state index is 13.8. The number of urea groups is 1. The van der Waals surface area contributed by atoms with Crippen LogP contribution in [0.25, 0.3) is 11.3 Å². The van der Waals surface area contributed by atoms with Crippen molar-refractivity contribution >= 4 is 6.03 Å². The standard InChI is InChI=1S/C28H30F4N4O3/c1-17-11-18(5-6-26(17)39-28(30,31)32)20-12-21(16-36(15-20)27(38)35-9-7-23(37)8-10-35)25-14-24(33-34-25)19-3-2-4-22(29)13-19/h2-6,11,13-14,20-21,23,37H,7-10,12,15-16H2,1H3,(H,33,34). The lowest BCUT2D eigenvalue weighted by molar-refractivity contribution is -0.274. The van der Waals surface area contributed by atoms with Crippen LogP contribution in [0.15, 0.2) is 48.5 Å². The van der Waals surface area contributed by atoms with Gasteiger partial charge >= 0.3 is 12.4 Å². The van der Waals surface area contributed by atoms with E-state index in [4.69, 9.17) is 0 Å². The van der Waals surface area contributed by atoms with Gasteiger partial charge in [0.05, 0.1) is 11.8 Å². The molecule has 0 saturated carbocycles. The van der Waals surface area contributed by atoms with Gasteiger partial charge in [0.2, 0.25) is 0 Å². The number of likely N-dealkylation sites (tertiary alicyclic amines) is 2. The van der Waals surface area contributed by atoms with Gasteiger partial charge in [-0.3, -0.25) is 5.10 Å². The highest BCUT2D eigenvalue weighted by Gasteiger charge is 2.36. The Bertz CT molecular complexity index is 1320. The number of nitrogens with zero attached hydrogens (tertiary/aromatic N) is 3. The van der Waals surface area contributed by atoms with Gasteiger partial charge in [-0.15, -0.1) is 13.2 Å². The Morgan fingerprint density at radius 2 is 1.79 bits per heavy atom. The maximum Gasteiger partial charge on any atom is 0.573 e. The first-order chi connectivity index (χ1) is 18.6. The van der Waals surface area contributed by atoms with E-state index in [1.54, 1.807) is 41.0 Å². The molecule has 2 saturated heterocycles. The molecule has 2 aliphatic heterocycles. The van der Waals surface area contributed by atoms with E-state index >= 15 is 0 Å². The fourth-order valence-corrected chi connectivity index (χ4v) is 5.49. The van der Waals surface area contributed by atoms with E-state index < -0.39 is 12.5 Å². The van der Waals surface area contributed by atoms with Gasteiger partial charge in [-0.1, -0.05) is 24.3 Å². The Morgan fingerprint density at radius 3 is 2.49 bits per heavy atom. The molecule has 2 aromatic carbocycles. The van der Waals surface area contributed by atoms with Crippen LogP contribution in [0.5, 0.6) is 5.75 Å². The lowest BCUT2D eigenvalue weighted by Gasteiger charge is -2.41. The number of rotatable bonds is 4. The van der Waals surface area contributed by atoms with Crippen molar-refractivity contribution in [2.45, 2.75) is 50.5 Å². The van der Waals surface area contributed by atoms with Gasteiger partial charge in [-0.2, -0.15) is 5.10 Å². The highest BCUT2D eigenvalue weighted by Crippen LogP contribution is 2.38. The highest BCUT2D eigenvalue weighted by molar-refractivity contribution is 5.75. The minimum atomic E-state index is -4.78. The topological polar surface area (TPSA) is 81.7 Å². The van der Waals surface area contributed by atoms with Crippen molar-refractivity contribution < 1.29 is 32.2 Å². The number of halogens is 4. The summed E-state index contributed by atoms with van der Waals surface area (Å²) in [6.45, 7) is 3.31. The Labute approximate surface area is 223 Å². The van der Waals surface area contributed by atoms with Gasteiger partial charge in [0.25, 0.3) is 0 Å². The number of aromatic nitrogens is 2. The Kier molecular flexibility index (Phi) is 7.53. The van der Waals surface area contributed by atoms with Crippen LogP contribution in [0.4, 0.5) is 22.4 Å². The lowest BCUT2D eigenvalue weighted by atomic mass is 9.82. The largest absolute Gasteiger partial charge is 0.573 e. The van der Waals surface area contributed by atoms with Gasteiger partial charge in [-0.05, 0) is 61.6 Å². The Morgan fingerprint density at radius 1 is 1.05 bits per heavy atom. The van der Waals surface area contributed by atoms with Crippen molar-refractivity contribution in [2.24, 2.45) is 0 Å². The van der Waals surface area contributed by atoms with Crippen LogP contribution in [-0.4, -0.2) is 69.8 Å². The van der Waals surface area contributed by atoms with Crippen molar-refractivity contribution in [3.63, 3.8) is 0 Å². The second kappa shape index (κ2) is 10.9. The molecule has 1 aromatic heterocycles. The van der Waals surface area contributed by atoms with E-state index in [1.807, 2.05) is 6.07 Å². The van der Waals surface area contributed by atoms with Gasteiger partial charge in [-0.25, -0.2) is 9.18 Å². The van der Waals surface area contributed by atoms with E-state index in [9.17, 15) is 27.5 Å². The number of benzene rings is 2. The van der Waals surface area contributed by atoms with Crippen LogP contribution in [-0.2, 0) is 0 Å².